The van der Waals surface area contributed by atoms with Crippen LogP contribution in [0.25, 0.3) is 0 Å². The normalized spacial score (nSPS) is 9.95. The molecule has 0 fully saturated rings. The molecule has 0 aromatic heterocycles. The maximum atomic E-state index is 14.0. The molecule has 6 heteroatoms. The predicted octanol–water partition coefficient (Wildman–Crippen LogP) is 3.26. The SMILES string of the molecule is N#Cc1cccc(Nc2c(N)cc(N)c(Cl)c2F)c1. The van der Waals surface area contributed by atoms with Crippen LogP contribution in [0.4, 0.5) is 27.1 Å². The van der Waals surface area contributed by atoms with Crippen LogP contribution in [0.3, 0.4) is 0 Å². The molecule has 0 aliphatic rings. The van der Waals surface area contributed by atoms with Crippen LogP contribution in [-0.2, 0) is 0 Å². The average molecular weight is 277 g/mol. The summed E-state index contributed by atoms with van der Waals surface area (Å²) in [6.45, 7) is 0. The van der Waals surface area contributed by atoms with E-state index in [1.807, 2.05) is 6.07 Å². The minimum absolute atomic E-state index is 0.0364. The zero-order valence-corrected chi connectivity index (χ0v) is 10.5. The van der Waals surface area contributed by atoms with Crippen LogP contribution in [0.2, 0.25) is 5.02 Å². The third-order valence-electron chi connectivity index (χ3n) is 2.53. The van der Waals surface area contributed by atoms with Crippen molar-refractivity contribution < 1.29 is 4.39 Å². The number of anilines is 4. The van der Waals surface area contributed by atoms with E-state index in [1.54, 1.807) is 24.3 Å². The third-order valence-corrected chi connectivity index (χ3v) is 2.91. The minimum atomic E-state index is -0.721. The smallest absolute Gasteiger partial charge is 0.169 e. The predicted molar refractivity (Wildman–Crippen MR) is 74.7 cm³/mol. The number of nitrogens with two attached hydrogens (primary N) is 2. The Kier molecular flexibility index (Phi) is 3.45. The number of halogens is 2. The van der Waals surface area contributed by atoms with Crippen LogP contribution in [0.1, 0.15) is 5.56 Å². The first kappa shape index (κ1) is 13.0. The first-order valence-corrected chi connectivity index (χ1v) is 5.71. The lowest BCUT2D eigenvalue weighted by Gasteiger charge is -2.13. The summed E-state index contributed by atoms with van der Waals surface area (Å²) in [5.41, 5.74) is 12.4. The van der Waals surface area contributed by atoms with Gasteiger partial charge in [-0.15, -0.1) is 0 Å². The summed E-state index contributed by atoms with van der Waals surface area (Å²) in [5, 5.41) is 11.4. The van der Waals surface area contributed by atoms with Crippen molar-refractivity contribution >= 4 is 34.4 Å². The summed E-state index contributed by atoms with van der Waals surface area (Å²) < 4.78 is 14.0. The van der Waals surface area contributed by atoms with Crippen molar-refractivity contribution in [2.24, 2.45) is 0 Å². The van der Waals surface area contributed by atoms with Gasteiger partial charge in [0.25, 0.3) is 0 Å². The van der Waals surface area contributed by atoms with Gasteiger partial charge < -0.3 is 16.8 Å². The quantitative estimate of drug-likeness (QED) is 0.735. The second kappa shape index (κ2) is 5.04. The van der Waals surface area contributed by atoms with Gasteiger partial charge in [-0.05, 0) is 24.3 Å². The van der Waals surface area contributed by atoms with Gasteiger partial charge in [0.15, 0.2) is 5.82 Å². The largest absolute Gasteiger partial charge is 0.397 e. The summed E-state index contributed by atoms with van der Waals surface area (Å²) in [7, 11) is 0. The van der Waals surface area contributed by atoms with Crippen LogP contribution in [0.15, 0.2) is 30.3 Å². The van der Waals surface area contributed by atoms with Gasteiger partial charge in [-0.25, -0.2) is 4.39 Å². The maximum Gasteiger partial charge on any atom is 0.169 e. The Bertz CT molecular complexity index is 679. The van der Waals surface area contributed by atoms with Gasteiger partial charge in [0.1, 0.15) is 5.02 Å². The fraction of sp³-hybridized carbons (Fsp3) is 0. The Labute approximate surface area is 114 Å². The molecule has 0 atom stereocenters. The van der Waals surface area contributed by atoms with Gasteiger partial charge in [0, 0.05) is 5.69 Å². The van der Waals surface area contributed by atoms with Gasteiger partial charge in [0.2, 0.25) is 0 Å². The average Bonchev–Trinajstić information content (AvgIpc) is 2.41. The molecule has 0 heterocycles. The van der Waals surface area contributed by atoms with Crippen molar-refractivity contribution in [1.29, 1.82) is 5.26 Å². The number of hydrogen-bond donors (Lipinski definition) is 3. The van der Waals surface area contributed by atoms with E-state index in [4.69, 9.17) is 28.3 Å². The number of rotatable bonds is 2. The third kappa shape index (κ3) is 2.54. The molecule has 0 saturated carbocycles. The fourth-order valence-corrected chi connectivity index (χ4v) is 1.75. The lowest BCUT2D eigenvalue weighted by molar-refractivity contribution is 0.633. The van der Waals surface area contributed by atoms with Crippen molar-refractivity contribution in [3.63, 3.8) is 0 Å². The number of nitriles is 1. The maximum absolute atomic E-state index is 14.0. The topological polar surface area (TPSA) is 87.9 Å². The molecule has 96 valence electrons. The van der Waals surface area contributed by atoms with Gasteiger partial charge in [0.05, 0.1) is 28.7 Å². The van der Waals surface area contributed by atoms with Crippen LogP contribution >= 0.6 is 11.6 Å². The van der Waals surface area contributed by atoms with E-state index in [2.05, 4.69) is 5.32 Å². The van der Waals surface area contributed by atoms with Gasteiger partial charge in [-0.3, -0.25) is 0 Å². The molecule has 0 aliphatic carbocycles. The van der Waals surface area contributed by atoms with E-state index in [0.717, 1.165) is 0 Å². The second-order valence-electron chi connectivity index (χ2n) is 3.88. The molecule has 2 aromatic carbocycles. The molecule has 0 aliphatic heterocycles. The first-order chi connectivity index (χ1) is 9.02. The number of hydrogen-bond acceptors (Lipinski definition) is 4. The summed E-state index contributed by atoms with van der Waals surface area (Å²) in [6, 6.07) is 9.94. The molecule has 19 heavy (non-hydrogen) atoms. The van der Waals surface area contributed by atoms with Crippen molar-refractivity contribution in [3.05, 3.63) is 46.7 Å². The Balaban J connectivity index is 2.44. The molecule has 0 amide bonds. The molecule has 4 nitrogen and oxygen atoms in total. The van der Waals surface area contributed by atoms with Crippen molar-refractivity contribution in [2.45, 2.75) is 0 Å². The highest BCUT2D eigenvalue weighted by atomic mass is 35.5. The van der Waals surface area contributed by atoms with Crippen molar-refractivity contribution in [1.82, 2.24) is 0 Å². The van der Waals surface area contributed by atoms with Crippen LogP contribution in [0.5, 0.6) is 0 Å². The molecule has 0 radical (unpaired) electrons. The molecule has 5 N–H and O–H groups in total. The number of benzene rings is 2. The van der Waals surface area contributed by atoms with E-state index in [-0.39, 0.29) is 22.1 Å². The fourth-order valence-electron chi connectivity index (χ4n) is 1.60. The molecule has 2 rings (SSSR count). The van der Waals surface area contributed by atoms with E-state index in [0.29, 0.717) is 11.3 Å². The molecule has 0 bridgehead atoms. The van der Waals surface area contributed by atoms with E-state index in [1.165, 1.54) is 6.07 Å². The van der Waals surface area contributed by atoms with Gasteiger partial charge in [-0.1, -0.05) is 17.7 Å². The molecular formula is C13H10ClFN4. The Hall–Kier alpha value is -2.45. The minimum Gasteiger partial charge on any atom is -0.397 e. The van der Waals surface area contributed by atoms with Gasteiger partial charge in [-0.2, -0.15) is 5.26 Å². The van der Waals surface area contributed by atoms with Gasteiger partial charge >= 0.3 is 0 Å². The van der Waals surface area contributed by atoms with Crippen LogP contribution in [-0.4, -0.2) is 0 Å². The monoisotopic (exact) mass is 276 g/mol. The number of nitrogens with zero attached hydrogens (tertiary/aromatic N) is 1. The number of nitrogen functional groups attached to an aromatic ring is 2. The molecular weight excluding hydrogens is 267 g/mol. The highest BCUT2D eigenvalue weighted by molar-refractivity contribution is 6.33. The summed E-state index contributed by atoms with van der Waals surface area (Å²) >= 11 is 5.73. The van der Waals surface area contributed by atoms with E-state index in [9.17, 15) is 4.39 Å². The summed E-state index contributed by atoms with van der Waals surface area (Å²) in [6.07, 6.45) is 0. The Morgan fingerprint density at radius 3 is 2.63 bits per heavy atom. The van der Waals surface area contributed by atoms with E-state index >= 15 is 0 Å². The standard InChI is InChI=1S/C13H10ClFN4/c14-11-9(17)5-10(18)13(12(11)15)19-8-3-1-2-7(4-8)6-16/h1-5,19H,17-18H2. The lowest BCUT2D eigenvalue weighted by atomic mass is 10.2. The second-order valence-corrected chi connectivity index (χ2v) is 4.25. The van der Waals surface area contributed by atoms with Crippen LogP contribution < -0.4 is 16.8 Å². The molecule has 2 aromatic rings. The van der Waals surface area contributed by atoms with Crippen molar-refractivity contribution in [2.75, 3.05) is 16.8 Å². The van der Waals surface area contributed by atoms with Crippen LogP contribution in [0, 0.1) is 17.1 Å². The zero-order chi connectivity index (χ0) is 14.0. The summed E-state index contributed by atoms with van der Waals surface area (Å²) in [5.74, 6) is -0.721. The lowest BCUT2D eigenvalue weighted by Crippen LogP contribution is -2.02. The Morgan fingerprint density at radius 2 is 1.95 bits per heavy atom. The van der Waals surface area contributed by atoms with Crippen molar-refractivity contribution in [3.8, 4) is 6.07 Å². The highest BCUT2D eigenvalue weighted by Gasteiger charge is 2.14. The first-order valence-electron chi connectivity index (χ1n) is 5.33. The zero-order valence-electron chi connectivity index (χ0n) is 9.74. The number of nitrogens with one attached hydrogen (secondary N) is 1. The molecule has 0 spiro atoms. The van der Waals surface area contributed by atoms with E-state index < -0.39 is 5.82 Å². The highest BCUT2D eigenvalue weighted by Crippen LogP contribution is 2.35. The molecule has 0 saturated heterocycles. The Morgan fingerprint density at radius 1 is 1.21 bits per heavy atom. The summed E-state index contributed by atoms with van der Waals surface area (Å²) in [4.78, 5) is 0. The molecule has 0 unspecified atom stereocenters.